The summed E-state index contributed by atoms with van der Waals surface area (Å²) in [5.41, 5.74) is 0. The second-order valence-corrected chi connectivity index (χ2v) is 4.69. The third kappa shape index (κ3) is 2.87. The Hall–Kier alpha value is -0.320. The summed E-state index contributed by atoms with van der Waals surface area (Å²) in [7, 11) is 0. The van der Waals surface area contributed by atoms with E-state index in [1.807, 2.05) is 4.90 Å². The van der Waals surface area contributed by atoms with Crippen LogP contribution in [0.25, 0.3) is 0 Å². The molecule has 16 heavy (non-hydrogen) atoms. The van der Waals surface area contributed by atoms with Crippen molar-refractivity contribution in [2.75, 3.05) is 38.8 Å². The van der Waals surface area contributed by atoms with Gasteiger partial charge in [0.1, 0.15) is 0 Å². The smallest absolute Gasteiger partial charge is 0.254 e. The number of hydrogen-bond donors (Lipinski definition) is 0. The molecule has 0 spiro atoms. The first-order valence-corrected chi connectivity index (χ1v) is 6.39. The van der Waals surface area contributed by atoms with E-state index in [4.69, 9.17) is 21.1 Å². The molecule has 2 heterocycles. The number of amides is 1. The molecule has 2 rings (SSSR count). The Balaban J connectivity index is 1.87. The van der Waals surface area contributed by atoms with Crippen LogP contribution >= 0.6 is 11.6 Å². The quantitative estimate of drug-likeness (QED) is 0.680. The highest BCUT2D eigenvalue weighted by Gasteiger charge is 2.30. The number of carbonyl (C=O) groups excluding carboxylic acids is 1. The average Bonchev–Trinajstić information content (AvgIpc) is 2.39. The van der Waals surface area contributed by atoms with E-state index in [1.54, 1.807) is 0 Å². The summed E-state index contributed by atoms with van der Waals surface area (Å²) < 4.78 is 10.7. The van der Waals surface area contributed by atoms with Gasteiger partial charge in [0.25, 0.3) is 5.91 Å². The molecule has 92 valence electrons. The van der Waals surface area contributed by atoms with Crippen LogP contribution in [0.1, 0.15) is 12.8 Å². The summed E-state index contributed by atoms with van der Waals surface area (Å²) in [4.78, 5) is 14.0. The fourth-order valence-corrected chi connectivity index (χ4v) is 2.48. The first-order valence-electron chi connectivity index (χ1n) is 5.85. The molecule has 2 atom stereocenters. The molecule has 1 amide bonds. The number of alkyl halides is 1. The van der Waals surface area contributed by atoms with Gasteiger partial charge >= 0.3 is 0 Å². The van der Waals surface area contributed by atoms with Gasteiger partial charge in [-0.05, 0) is 18.8 Å². The van der Waals surface area contributed by atoms with Crippen molar-refractivity contribution >= 4 is 17.5 Å². The normalized spacial score (nSPS) is 31.4. The first kappa shape index (κ1) is 12.1. The second-order valence-electron chi connectivity index (χ2n) is 4.38. The molecule has 2 unspecified atom stereocenters. The van der Waals surface area contributed by atoms with E-state index in [0.29, 0.717) is 31.6 Å². The Morgan fingerprint density at radius 3 is 3.00 bits per heavy atom. The van der Waals surface area contributed by atoms with E-state index >= 15 is 0 Å². The van der Waals surface area contributed by atoms with Gasteiger partial charge in [0.15, 0.2) is 6.10 Å². The van der Waals surface area contributed by atoms with Gasteiger partial charge in [-0.25, -0.2) is 0 Å². The molecule has 5 heteroatoms. The Morgan fingerprint density at radius 1 is 1.44 bits per heavy atom. The minimum Gasteiger partial charge on any atom is -0.376 e. The zero-order chi connectivity index (χ0) is 11.4. The van der Waals surface area contributed by atoms with Crippen molar-refractivity contribution in [3.8, 4) is 0 Å². The number of likely N-dealkylation sites (tertiary alicyclic amines) is 1. The number of halogens is 1. The first-order chi connectivity index (χ1) is 7.81. The maximum atomic E-state index is 12.1. The van der Waals surface area contributed by atoms with E-state index in [9.17, 15) is 4.79 Å². The summed E-state index contributed by atoms with van der Waals surface area (Å²) in [6.07, 6.45) is 1.76. The zero-order valence-electron chi connectivity index (χ0n) is 9.36. The van der Waals surface area contributed by atoms with Crippen LogP contribution in [-0.4, -0.2) is 55.7 Å². The van der Waals surface area contributed by atoms with Crippen LogP contribution in [0, 0.1) is 5.92 Å². The van der Waals surface area contributed by atoms with Crippen molar-refractivity contribution in [2.45, 2.75) is 18.9 Å². The standard InChI is InChI=1S/C11H18ClNO3/c12-6-9-2-1-3-13(7-9)11(14)10-8-15-4-5-16-10/h9-10H,1-8H2. The number of carbonyl (C=O) groups is 1. The number of hydrogen-bond acceptors (Lipinski definition) is 3. The van der Waals surface area contributed by atoms with Gasteiger partial charge in [-0.3, -0.25) is 4.79 Å². The van der Waals surface area contributed by atoms with Gasteiger partial charge in [0.05, 0.1) is 19.8 Å². The third-order valence-corrected chi connectivity index (χ3v) is 3.58. The maximum Gasteiger partial charge on any atom is 0.254 e. The minimum absolute atomic E-state index is 0.0644. The molecule has 0 aliphatic carbocycles. The van der Waals surface area contributed by atoms with Crippen LogP contribution in [-0.2, 0) is 14.3 Å². The Bertz CT molecular complexity index is 243. The van der Waals surface area contributed by atoms with E-state index < -0.39 is 6.10 Å². The molecule has 0 bridgehead atoms. The highest BCUT2D eigenvalue weighted by Crippen LogP contribution is 2.19. The van der Waals surface area contributed by atoms with E-state index in [0.717, 1.165) is 25.9 Å². The molecule has 0 aromatic rings. The van der Waals surface area contributed by atoms with Crippen molar-refractivity contribution in [1.29, 1.82) is 0 Å². The average molecular weight is 248 g/mol. The van der Waals surface area contributed by atoms with E-state index in [-0.39, 0.29) is 5.91 Å². The Kier molecular flexibility index (Phi) is 4.44. The lowest BCUT2D eigenvalue weighted by molar-refractivity contribution is -0.159. The fourth-order valence-electron chi connectivity index (χ4n) is 2.23. The lowest BCUT2D eigenvalue weighted by atomic mass is 9.99. The molecule has 2 saturated heterocycles. The molecule has 0 saturated carbocycles. The van der Waals surface area contributed by atoms with Gasteiger partial charge in [-0.15, -0.1) is 11.6 Å². The predicted octanol–water partition coefficient (Wildman–Crippen LogP) is 0.879. The van der Waals surface area contributed by atoms with Crippen molar-refractivity contribution in [3.63, 3.8) is 0 Å². The lowest BCUT2D eigenvalue weighted by Gasteiger charge is -2.35. The molecular weight excluding hydrogens is 230 g/mol. The molecule has 4 nitrogen and oxygen atoms in total. The number of rotatable bonds is 2. The monoisotopic (exact) mass is 247 g/mol. The van der Waals surface area contributed by atoms with Gasteiger partial charge in [0.2, 0.25) is 0 Å². The van der Waals surface area contributed by atoms with Crippen LogP contribution in [0.2, 0.25) is 0 Å². The summed E-state index contributed by atoms with van der Waals surface area (Å²) >= 11 is 5.84. The highest BCUT2D eigenvalue weighted by atomic mass is 35.5. The molecule has 2 fully saturated rings. The van der Waals surface area contributed by atoms with Crippen molar-refractivity contribution in [1.82, 2.24) is 4.90 Å². The number of piperidine rings is 1. The Labute approximate surface area is 101 Å². The van der Waals surface area contributed by atoms with Gasteiger partial charge in [-0.1, -0.05) is 0 Å². The van der Waals surface area contributed by atoms with Crippen molar-refractivity contribution in [2.24, 2.45) is 5.92 Å². The third-order valence-electron chi connectivity index (χ3n) is 3.14. The summed E-state index contributed by atoms with van der Waals surface area (Å²) in [5, 5.41) is 0. The van der Waals surface area contributed by atoms with Crippen LogP contribution < -0.4 is 0 Å². The predicted molar refractivity (Wildman–Crippen MR) is 60.6 cm³/mol. The van der Waals surface area contributed by atoms with Crippen molar-refractivity contribution < 1.29 is 14.3 Å². The largest absolute Gasteiger partial charge is 0.376 e. The van der Waals surface area contributed by atoms with Crippen LogP contribution in [0.15, 0.2) is 0 Å². The fraction of sp³-hybridized carbons (Fsp3) is 0.909. The lowest BCUT2D eigenvalue weighted by Crippen LogP contribution is -2.49. The van der Waals surface area contributed by atoms with Gasteiger partial charge in [0, 0.05) is 19.0 Å². The van der Waals surface area contributed by atoms with Crippen LogP contribution in [0.3, 0.4) is 0 Å². The van der Waals surface area contributed by atoms with Gasteiger partial charge in [-0.2, -0.15) is 0 Å². The molecular formula is C11H18ClNO3. The summed E-state index contributed by atoms with van der Waals surface area (Å²) in [5.74, 6) is 1.13. The number of nitrogens with zero attached hydrogens (tertiary/aromatic N) is 1. The van der Waals surface area contributed by atoms with Crippen LogP contribution in [0.5, 0.6) is 0 Å². The number of ether oxygens (including phenoxy) is 2. The van der Waals surface area contributed by atoms with Gasteiger partial charge < -0.3 is 14.4 Å². The SMILES string of the molecule is O=C(C1COCCO1)N1CCCC(CCl)C1. The molecule has 0 radical (unpaired) electrons. The minimum atomic E-state index is -0.400. The molecule has 2 aliphatic heterocycles. The summed E-state index contributed by atoms with van der Waals surface area (Å²) in [6, 6.07) is 0. The molecule has 0 aromatic heterocycles. The highest BCUT2D eigenvalue weighted by molar-refractivity contribution is 6.18. The topological polar surface area (TPSA) is 38.8 Å². The van der Waals surface area contributed by atoms with E-state index in [1.165, 1.54) is 0 Å². The zero-order valence-corrected chi connectivity index (χ0v) is 10.1. The maximum absolute atomic E-state index is 12.1. The van der Waals surface area contributed by atoms with E-state index in [2.05, 4.69) is 0 Å². The molecule has 0 aromatic carbocycles. The summed E-state index contributed by atoms with van der Waals surface area (Å²) in [6.45, 7) is 3.09. The molecule has 2 aliphatic rings. The van der Waals surface area contributed by atoms with Crippen molar-refractivity contribution in [3.05, 3.63) is 0 Å². The molecule has 0 N–H and O–H groups in total. The second kappa shape index (κ2) is 5.84. The van der Waals surface area contributed by atoms with Crippen LogP contribution in [0.4, 0.5) is 0 Å². The Morgan fingerprint density at radius 2 is 2.31 bits per heavy atom.